The molecule has 1 saturated heterocycles. The van der Waals surface area contributed by atoms with Crippen LogP contribution in [0.1, 0.15) is 157 Å². The van der Waals surface area contributed by atoms with E-state index in [4.69, 9.17) is 14.2 Å². The van der Waals surface area contributed by atoms with Crippen LogP contribution < -0.4 is 10.6 Å². The van der Waals surface area contributed by atoms with E-state index in [0.717, 1.165) is 51.4 Å². The Morgan fingerprint density at radius 1 is 0.818 bits per heavy atom. The zero-order valence-electron chi connectivity index (χ0n) is 28.7. The van der Waals surface area contributed by atoms with E-state index < -0.39 is 17.3 Å². The van der Waals surface area contributed by atoms with Gasteiger partial charge in [0.2, 0.25) is 11.8 Å². The minimum Gasteiger partial charge on any atom is -0.460 e. The fraction of sp³-hybridized carbons (Fsp3) is 0.861. The molecule has 0 aromatic rings. The lowest BCUT2D eigenvalue weighted by atomic mass is 9.85. The molecule has 0 radical (unpaired) electrons. The number of allylic oxidation sites excluding steroid dienone is 2. The van der Waals surface area contributed by atoms with Crippen LogP contribution in [0.5, 0.6) is 0 Å². The Morgan fingerprint density at radius 3 is 2.11 bits per heavy atom. The number of rotatable bonds is 21. The quantitative estimate of drug-likeness (QED) is 0.0775. The summed E-state index contributed by atoms with van der Waals surface area (Å²) >= 11 is 0. The molecular weight excluding hydrogens is 556 g/mol. The zero-order valence-corrected chi connectivity index (χ0v) is 28.7. The van der Waals surface area contributed by atoms with Gasteiger partial charge < -0.3 is 24.8 Å². The fourth-order valence-corrected chi connectivity index (χ4v) is 5.97. The molecule has 0 bridgehead atoms. The van der Waals surface area contributed by atoms with E-state index in [2.05, 4.69) is 29.7 Å². The largest absolute Gasteiger partial charge is 0.460 e. The Labute approximate surface area is 268 Å². The van der Waals surface area contributed by atoms with Crippen molar-refractivity contribution < 1.29 is 28.6 Å². The van der Waals surface area contributed by atoms with Crippen LogP contribution in [0.3, 0.4) is 0 Å². The second-order valence-corrected chi connectivity index (χ2v) is 14.0. The molecule has 0 aromatic carbocycles. The van der Waals surface area contributed by atoms with Gasteiger partial charge in [-0.1, -0.05) is 90.7 Å². The first-order valence-corrected chi connectivity index (χ1v) is 17.8. The van der Waals surface area contributed by atoms with Crippen molar-refractivity contribution in [2.24, 2.45) is 5.41 Å². The summed E-state index contributed by atoms with van der Waals surface area (Å²) < 4.78 is 17.3. The molecule has 8 nitrogen and oxygen atoms in total. The number of unbranched alkanes of at least 4 members (excludes halogenated alkanes) is 11. The zero-order chi connectivity index (χ0) is 32.3. The summed E-state index contributed by atoms with van der Waals surface area (Å²) in [5.74, 6) is -1.40. The van der Waals surface area contributed by atoms with Crippen LogP contribution in [-0.2, 0) is 28.6 Å². The maximum atomic E-state index is 12.8. The van der Waals surface area contributed by atoms with Crippen molar-refractivity contribution in [1.29, 1.82) is 0 Å². The first-order chi connectivity index (χ1) is 21.0. The SMILES string of the molecule is CCCCCCCCC=CCCCCCCCC(=O)N[C@H]1CCCC[C@@H]1OC(=O)CCNC(=O)C1OC(C)(C)OCC1(C)C. The summed E-state index contributed by atoms with van der Waals surface area (Å²) in [5, 5.41) is 5.96. The van der Waals surface area contributed by atoms with E-state index in [0.29, 0.717) is 13.0 Å². The normalized spacial score (nSPS) is 22.9. The molecule has 1 aliphatic heterocycles. The molecule has 0 spiro atoms. The molecule has 8 heteroatoms. The van der Waals surface area contributed by atoms with Crippen LogP contribution in [0.15, 0.2) is 12.2 Å². The molecule has 254 valence electrons. The van der Waals surface area contributed by atoms with Crippen LogP contribution >= 0.6 is 0 Å². The van der Waals surface area contributed by atoms with Gasteiger partial charge >= 0.3 is 5.97 Å². The van der Waals surface area contributed by atoms with Crippen molar-refractivity contribution in [3.8, 4) is 0 Å². The molecule has 2 fully saturated rings. The minimum absolute atomic E-state index is 0.0461. The number of amides is 2. The van der Waals surface area contributed by atoms with Crippen LogP contribution in [-0.4, -0.2) is 55.0 Å². The third-order valence-corrected chi connectivity index (χ3v) is 8.77. The van der Waals surface area contributed by atoms with Gasteiger partial charge in [0.1, 0.15) is 12.2 Å². The first kappa shape index (κ1) is 38.3. The van der Waals surface area contributed by atoms with E-state index in [-0.39, 0.29) is 42.9 Å². The van der Waals surface area contributed by atoms with Gasteiger partial charge in [-0.05, 0) is 65.2 Å². The first-order valence-electron chi connectivity index (χ1n) is 17.8. The summed E-state index contributed by atoms with van der Waals surface area (Å²) in [4.78, 5) is 38.1. The predicted octanol–water partition coefficient (Wildman–Crippen LogP) is 7.68. The highest BCUT2D eigenvalue weighted by atomic mass is 16.7. The van der Waals surface area contributed by atoms with Crippen LogP contribution in [0.25, 0.3) is 0 Å². The lowest BCUT2D eigenvalue weighted by molar-refractivity contribution is -0.304. The maximum Gasteiger partial charge on any atom is 0.307 e. The van der Waals surface area contributed by atoms with Crippen molar-refractivity contribution in [3.63, 3.8) is 0 Å². The minimum atomic E-state index is -0.832. The molecular formula is C36H64N2O6. The van der Waals surface area contributed by atoms with Gasteiger partial charge in [-0.25, -0.2) is 0 Å². The summed E-state index contributed by atoms with van der Waals surface area (Å²) in [5.41, 5.74) is -0.475. The molecule has 2 N–H and O–H groups in total. The predicted molar refractivity (Wildman–Crippen MR) is 176 cm³/mol. The lowest BCUT2D eigenvalue weighted by Gasteiger charge is -2.44. The van der Waals surface area contributed by atoms with Gasteiger partial charge in [-0.15, -0.1) is 0 Å². The number of carbonyl (C=O) groups excluding carboxylic acids is 3. The molecule has 0 aromatic heterocycles. The standard InChI is InChI=1S/C36H64N2O6/c1-6-7-8-9-10-11-12-13-14-15-16-17-18-19-20-25-31(39)38-29-23-21-22-24-30(29)43-32(40)26-27-37-34(41)33-35(2,3)28-42-36(4,5)44-33/h13-14,29-30,33H,6-12,15-28H2,1-5H3,(H,37,41)(H,38,39)/t29-,30-,33?/m0/s1. The monoisotopic (exact) mass is 620 g/mol. The molecule has 2 aliphatic rings. The average molecular weight is 621 g/mol. The molecule has 44 heavy (non-hydrogen) atoms. The highest BCUT2D eigenvalue weighted by Crippen LogP contribution is 2.34. The summed E-state index contributed by atoms with van der Waals surface area (Å²) in [6.45, 7) is 10.3. The second-order valence-electron chi connectivity index (χ2n) is 14.0. The van der Waals surface area contributed by atoms with Crippen LogP contribution in [0, 0.1) is 5.41 Å². The Hall–Kier alpha value is -1.93. The summed E-state index contributed by atoms with van der Waals surface area (Å²) in [6.07, 6.45) is 23.9. The lowest BCUT2D eigenvalue weighted by Crippen LogP contribution is -2.56. The van der Waals surface area contributed by atoms with E-state index >= 15 is 0 Å². The van der Waals surface area contributed by atoms with E-state index in [1.54, 1.807) is 13.8 Å². The molecule has 1 heterocycles. The van der Waals surface area contributed by atoms with Crippen molar-refractivity contribution in [1.82, 2.24) is 10.6 Å². The van der Waals surface area contributed by atoms with Gasteiger partial charge in [0.25, 0.3) is 0 Å². The molecule has 1 unspecified atom stereocenters. The number of nitrogens with one attached hydrogen (secondary N) is 2. The van der Waals surface area contributed by atoms with E-state index in [1.165, 1.54) is 57.8 Å². The van der Waals surface area contributed by atoms with Crippen molar-refractivity contribution in [2.75, 3.05) is 13.2 Å². The van der Waals surface area contributed by atoms with E-state index in [9.17, 15) is 14.4 Å². The Balaban J connectivity index is 1.55. The summed E-state index contributed by atoms with van der Waals surface area (Å²) in [6, 6.07) is -0.142. The Kier molecular flexibility index (Phi) is 18.2. The fourth-order valence-electron chi connectivity index (χ4n) is 5.97. The molecule has 1 saturated carbocycles. The number of ether oxygens (including phenoxy) is 3. The van der Waals surface area contributed by atoms with Gasteiger partial charge in [-0.2, -0.15) is 0 Å². The Morgan fingerprint density at radius 2 is 1.43 bits per heavy atom. The molecule has 1 aliphatic carbocycles. The van der Waals surface area contributed by atoms with Crippen molar-refractivity contribution in [2.45, 2.75) is 181 Å². The van der Waals surface area contributed by atoms with Crippen molar-refractivity contribution >= 4 is 17.8 Å². The molecule has 2 rings (SSSR count). The van der Waals surface area contributed by atoms with Crippen LogP contribution in [0.2, 0.25) is 0 Å². The third kappa shape index (κ3) is 15.9. The number of hydrogen-bond donors (Lipinski definition) is 2. The third-order valence-electron chi connectivity index (χ3n) is 8.77. The van der Waals surface area contributed by atoms with Gasteiger partial charge in [0, 0.05) is 18.4 Å². The second kappa shape index (κ2) is 21.0. The Bertz CT molecular complexity index is 871. The van der Waals surface area contributed by atoms with E-state index in [1.807, 2.05) is 13.8 Å². The highest BCUT2D eigenvalue weighted by molar-refractivity contribution is 5.82. The van der Waals surface area contributed by atoms with Crippen molar-refractivity contribution in [3.05, 3.63) is 12.2 Å². The number of hydrogen-bond acceptors (Lipinski definition) is 6. The average Bonchev–Trinajstić information content (AvgIpc) is 2.97. The van der Waals surface area contributed by atoms with Gasteiger partial charge in [-0.3, -0.25) is 14.4 Å². The van der Waals surface area contributed by atoms with Gasteiger partial charge in [0.15, 0.2) is 5.79 Å². The smallest absolute Gasteiger partial charge is 0.307 e. The highest BCUT2D eigenvalue weighted by Gasteiger charge is 2.45. The summed E-state index contributed by atoms with van der Waals surface area (Å²) in [7, 11) is 0. The maximum absolute atomic E-state index is 12.8. The van der Waals surface area contributed by atoms with Gasteiger partial charge in [0.05, 0.1) is 19.1 Å². The molecule has 3 atom stereocenters. The number of esters is 1. The topological polar surface area (TPSA) is 103 Å². The molecule has 2 amide bonds. The number of carbonyl (C=O) groups is 3. The van der Waals surface area contributed by atoms with Crippen LogP contribution in [0.4, 0.5) is 0 Å².